The normalized spacial score (nSPS) is 15.1. The van der Waals surface area contributed by atoms with Gasteiger partial charge in [0.2, 0.25) is 0 Å². The maximum absolute atomic E-state index is 13.0. The SMILES string of the molecule is Cc1[nH]c(C(=O)N2CCN(Cc3cccnc3)CC2)c(C)c1C(=O)OC(C)C. The molecule has 0 atom stereocenters. The molecule has 0 aliphatic carbocycles. The summed E-state index contributed by atoms with van der Waals surface area (Å²) in [7, 11) is 0. The fourth-order valence-corrected chi connectivity index (χ4v) is 3.56. The molecule has 150 valence electrons. The van der Waals surface area contributed by atoms with Crippen molar-refractivity contribution in [1.82, 2.24) is 19.8 Å². The zero-order valence-electron chi connectivity index (χ0n) is 17.0. The van der Waals surface area contributed by atoms with Gasteiger partial charge in [0.1, 0.15) is 5.69 Å². The first-order valence-electron chi connectivity index (χ1n) is 9.67. The van der Waals surface area contributed by atoms with Crippen molar-refractivity contribution in [3.8, 4) is 0 Å². The van der Waals surface area contributed by atoms with Crippen LogP contribution in [0.2, 0.25) is 0 Å². The van der Waals surface area contributed by atoms with Crippen LogP contribution in [0.4, 0.5) is 0 Å². The lowest BCUT2D eigenvalue weighted by Gasteiger charge is -2.34. The zero-order chi connectivity index (χ0) is 20.3. The van der Waals surface area contributed by atoms with E-state index in [0.717, 1.165) is 19.6 Å². The number of rotatable bonds is 5. The van der Waals surface area contributed by atoms with E-state index in [-0.39, 0.29) is 18.0 Å². The number of esters is 1. The average molecular weight is 384 g/mol. The number of carbonyl (C=O) groups excluding carboxylic acids is 2. The molecular formula is C21H28N4O3. The Morgan fingerprint density at radius 1 is 1.21 bits per heavy atom. The maximum Gasteiger partial charge on any atom is 0.340 e. The summed E-state index contributed by atoms with van der Waals surface area (Å²) in [6, 6.07) is 4.00. The van der Waals surface area contributed by atoms with E-state index >= 15 is 0 Å². The molecule has 28 heavy (non-hydrogen) atoms. The number of piperazine rings is 1. The standard InChI is InChI=1S/C21H28N4O3/c1-14(2)28-21(27)18-15(3)19(23-16(18)4)20(26)25-10-8-24(9-11-25)13-17-6-5-7-22-12-17/h5-7,12,14,23H,8-11,13H2,1-4H3. The molecule has 1 aliphatic heterocycles. The molecule has 1 saturated heterocycles. The lowest BCUT2D eigenvalue weighted by atomic mass is 10.1. The number of ether oxygens (including phenoxy) is 1. The van der Waals surface area contributed by atoms with E-state index in [0.29, 0.717) is 35.6 Å². The molecule has 2 aromatic rings. The predicted molar refractivity (Wildman–Crippen MR) is 106 cm³/mol. The highest BCUT2D eigenvalue weighted by Crippen LogP contribution is 2.21. The Bertz CT molecular complexity index is 837. The van der Waals surface area contributed by atoms with Crippen LogP contribution in [-0.4, -0.2) is 63.9 Å². The third-order valence-corrected chi connectivity index (χ3v) is 4.99. The van der Waals surface area contributed by atoms with Gasteiger partial charge in [0.15, 0.2) is 0 Å². The number of hydrogen-bond donors (Lipinski definition) is 1. The second-order valence-corrected chi connectivity index (χ2v) is 7.51. The highest BCUT2D eigenvalue weighted by Gasteiger charge is 2.28. The van der Waals surface area contributed by atoms with Crippen molar-refractivity contribution in [1.29, 1.82) is 0 Å². The monoisotopic (exact) mass is 384 g/mol. The van der Waals surface area contributed by atoms with Crippen molar-refractivity contribution < 1.29 is 14.3 Å². The van der Waals surface area contributed by atoms with E-state index in [1.807, 2.05) is 31.0 Å². The second-order valence-electron chi connectivity index (χ2n) is 7.51. The lowest BCUT2D eigenvalue weighted by Crippen LogP contribution is -2.48. The first-order chi connectivity index (χ1) is 13.4. The average Bonchev–Trinajstić information content (AvgIpc) is 2.96. The number of nitrogens with one attached hydrogen (secondary N) is 1. The number of pyridine rings is 1. The molecule has 7 heteroatoms. The Labute approximate surface area is 165 Å². The van der Waals surface area contributed by atoms with Crippen molar-refractivity contribution in [3.05, 3.63) is 52.6 Å². The van der Waals surface area contributed by atoms with Crippen LogP contribution in [0.25, 0.3) is 0 Å². The number of nitrogens with zero attached hydrogens (tertiary/aromatic N) is 3. The van der Waals surface area contributed by atoms with Gasteiger partial charge in [0, 0.05) is 50.8 Å². The van der Waals surface area contributed by atoms with Crippen LogP contribution >= 0.6 is 0 Å². The number of H-pyrrole nitrogens is 1. The van der Waals surface area contributed by atoms with E-state index in [1.54, 1.807) is 20.0 Å². The summed E-state index contributed by atoms with van der Waals surface area (Å²) in [6.07, 6.45) is 3.44. The molecule has 1 aliphatic rings. The molecule has 3 heterocycles. The van der Waals surface area contributed by atoms with E-state index in [2.05, 4.69) is 20.9 Å². The number of carbonyl (C=O) groups is 2. The summed E-state index contributed by atoms with van der Waals surface area (Å²) in [6.45, 7) is 11.0. The summed E-state index contributed by atoms with van der Waals surface area (Å²) >= 11 is 0. The summed E-state index contributed by atoms with van der Waals surface area (Å²) in [5.41, 5.74) is 3.44. The summed E-state index contributed by atoms with van der Waals surface area (Å²) in [5.74, 6) is -0.452. The van der Waals surface area contributed by atoms with Crippen molar-refractivity contribution in [2.45, 2.75) is 40.3 Å². The fraction of sp³-hybridized carbons (Fsp3) is 0.476. The Morgan fingerprint density at radius 3 is 2.54 bits per heavy atom. The molecule has 1 amide bonds. The van der Waals surface area contributed by atoms with Crippen molar-refractivity contribution in [3.63, 3.8) is 0 Å². The Kier molecular flexibility index (Phi) is 6.14. The second kappa shape index (κ2) is 8.56. The van der Waals surface area contributed by atoms with Crippen LogP contribution in [0.5, 0.6) is 0 Å². The minimum atomic E-state index is -0.387. The van der Waals surface area contributed by atoms with E-state index < -0.39 is 0 Å². The van der Waals surface area contributed by atoms with Crippen molar-refractivity contribution >= 4 is 11.9 Å². The van der Waals surface area contributed by atoms with Gasteiger partial charge in [0.05, 0.1) is 11.7 Å². The smallest absolute Gasteiger partial charge is 0.340 e. The first-order valence-corrected chi connectivity index (χ1v) is 9.67. The van der Waals surface area contributed by atoms with Crippen LogP contribution in [-0.2, 0) is 11.3 Å². The van der Waals surface area contributed by atoms with E-state index in [9.17, 15) is 9.59 Å². The number of amides is 1. The van der Waals surface area contributed by atoms with Crippen molar-refractivity contribution in [2.24, 2.45) is 0 Å². The topological polar surface area (TPSA) is 78.5 Å². The molecule has 0 spiro atoms. The molecule has 2 aromatic heterocycles. The quantitative estimate of drug-likeness (QED) is 0.802. The van der Waals surface area contributed by atoms with Gasteiger partial charge in [-0.3, -0.25) is 14.7 Å². The van der Waals surface area contributed by atoms with Crippen molar-refractivity contribution in [2.75, 3.05) is 26.2 Å². The molecule has 1 fully saturated rings. The number of aromatic amines is 1. The third kappa shape index (κ3) is 4.42. The van der Waals surface area contributed by atoms with E-state index in [1.165, 1.54) is 5.56 Å². The minimum absolute atomic E-state index is 0.0646. The Hall–Kier alpha value is -2.67. The predicted octanol–water partition coefficient (Wildman–Crippen LogP) is 2.55. The highest BCUT2D eigenvalue weighted by atomic mass is 16.5. The molecule has 0 radical (unpaired) electrons. The molecule has 1 N–H and O–H groups in total. The summed E-state index contributed by atoms with van der Waals surface area (Å²) < 4.78 is 5.31. The fourth-order valence-electron chi connectivity index (χ4n) is 3.56. The number of aryl methyl sites for hydroxylation is 1. The Balaban J connectivity index is 1.64. The van der Waals surface area contributed by atoms with Gasteiger partial charge in [-0.15, -0.1) is 0 Å². The minimum Gasteiger partial charge on any atom is -0.459 e. The van der Waals surface area contributed by atoms with Crippen LogP contribution in [0.3, 0.4) is 0 Å². The van der Waals surface area contributed by atoms with Gasteiger partial charge in [-0.05, 0) is 44.9 Å². The summed E-state index contributed by atoms with van der Waals surface area (Å²) in [4.78, 5) is 36.8. The van der Waals surface area contributed by atoms with Crippen LogP contribution < -0.4 is 0 Å². The van der Waals surface area contributed by atoms with Gasteiger partial charge in [-0.25, -0.2) is 4.79 Å². The molecule has 0 aromatic carbocycles. The summed E-state index contributed by atoms with van der Waals surface area (Å²) in [5, 5.41) is 0. The van der Waals surface area contributed by atoms with Crippen LogP contribution in [0, 0.1) is 13.8 Å². The van der Waals surface area contributed by atoms with Gasteiger partial charge >= 0.3 is 5.97 Å². The highest BCUT2D eigenvalue weighted by molar-refractivity contribution is 6.00. The first kappa shape index (κ1) is 20.1. The maximum atomic E-state index is 13.0. The van der Waals surface area contributed by atoms with Crippen LogP contribution in [0.15, 0.2) is 24.5 Å². The van der Waals surface area contributed by atoms with Gasteiger partial charge in [0.25, 0.3) is 5.91 Å². The van der Waals surface area contributed by atoms with Crippen LogP contribution in [0.1, 0.15) is 51.5 Å². The molecular weight excluding hydrogens is 356 g/mol. The van der Waals surface area contributed by atoms with E-state index in [4.69, 9.17) is 4.74 Å². The van der Waals surface area contributed by atoms with Gasteiger partial charge in [-0.1, -0.05) is 6.07 Å². The molecule has 3 rings (SSSR count). The lowest BCUT2D eigenvalue weighted by molar-refractivity contribution is 0.0376. The largest absolute Gasteiger partial charge is 0.459 e. The number of aromatic nitrogens is 2. The number of hydrogen-bond acceptors (Lipinski definition) is 5. The van der Waals surface area contributed by atoms with Gasteiger partial charge in [-0.2, -0.15) is 0 Å². The molecule has 0 saturated carbocycles. The molecule has 7 nitrogen and oxygen atoms in total. The van der Waals surface area contributed by atoms with Gasteiger partial charge < -0.3 is 14.6 Å². The molecule has 0 unspecified atom stereocenters. The third-order valence-electron chi connectivity index (χ3n) is 4.99. The zero-order valence-corrected chi connectivity index (χ0v) is 17.0. The Morgan fingerprint density at radius 2 is 1.93 bits per heavy atom. The molecule has 0 bridgehead atoms.